The molecule has 0 bridgehead atoms. The molecule has 1 amide bonds. The van der Waals surface area contributed by atoms with Gasteiger partial charge in [0.2, 0.25) is 5.91 Å². The van der Waals surface area contributed by atoms with Gasteiger partial charge in [-0.15, -0.1) is 0 Å². The van der Waals surface area contributed by atoms with E-state index in [1.165, 1.54) is 6.08 Å². The van der Waals surface area contributed by atoms with E-state index in [-0.39, 0.29) is 11.9 Å². The van der Waals surface area contributed by atoms with Crippen molar-refractivity contribution in [3.05, 3.63) is 42.5 Å². The van der Waals surface area contributed by atoms with Crippen LogP contribution in [0.1, 0.15) is 18.0 Å². The maximum atomic E-state index is 11.2. The lowest BCUT2D eigenvalue weighted by Crippen LogP contribution is -2.30. The van der Waals surface area contributed by atoms with Gasteiger partial charge in [0.25, 0.3) is 0 Å². The lowest BCUT2D eigenvalue weighted by atomic mass is 10.0. The van der Waals surface area contributed by atoms with Gasteiger partial charge in [-0.2, -0.15) is 0 Å². The van der Waals surface area contributed by atoms with E-state index < -0.39 is 0 Å². The number of carbonyl (C=O) groups excluding carboxylic acids is 1. The molecule has 78 valence electrons. The minimum Gasteiger partial charge on any atom is -0.493 e. The van der Waals surface area contributed by atoms with E-state index in [2.05, 4.69) is 11.9 Å². The number of fused-ring (bicyclic) bond motifs is 1. The Morgan fingerprint density at radius 1 is 1.53 bits per heavy atom. The first-order valence-electron chi connectivity index (χ1n) is 4.96. The SMILES string of the molecule is C=CC(=O)N[C@H]1CCOc2ccccc21. The Bertz CT molecular complexity index is 387. The first-order chi connectivity index (χ1) is 7.31. The van der Waals surface area contributed by atoms with E-state index in [1.807, 2.05) is 24.3 Å². The van der Waals surface area contributed by atoms with E-state index in [1.54, 1.807) is 0 Å². The number of hydrogen-bond donors (Lipinski definition) is 1. The summed E-state index contributed by atoms with van der Waals surface area (Å²) in [6, 6.07) is 7.81. The van der Waals surface area contributed by atoms with E-state index in [0.717, 1.165) is 17.7 Å². The van der Waals surface area contributed by atoms with Crippen LogP contribution in [-0.4, -0.2) is 12.5 Å². The largest absolute Gasteiger partial charge is 0.493 e. The van der Waals surface area contributed by atoms with E-state index in [9.17, 15) is 4.79 Å². The van der Waals surface area contributed by atoms with Crippen molar-refractivity contribution in [1.29, 1.82) is 0 Å². The number of benzene rings is 1. The van der Waals surface area contributed by atoms with E-state index in [4.69, 9.17) is 4.74 Å². The fraction of sp³-hybridized carbons (Fsp3) is 0.250. The lowest BCUT2D eigenvalue weighted by Gasteiger charge is -2.26. The molecule has 1 aliphatic rings. The Morgan fingerprint density at radius 3 is 3.13 bits per heavy atom. The maximum Gasteiger partial charge on any atom is 0.243 e. The van der Waals surface area contributed by atoms with Crippen molar-refractivity contribution in [1.82, 2.24) is 5.32 Å². The number of amides is 1. The number of ether oxygens (including phenoxy) is 1. The second-order valence-corrected chi connectivity index (χ2v) is 3.44. The molecule has 1 aromatic carbocycles. The fourth-order valence-electron chi connectivity index (χ4n) is 1.72. The minimum atomic E-state index is -0.142. The quantitative estimate of drug-likeness (QED) is 0.744. The van der Waals surface area contributed by atoms with Crippen LogP contribution in [0.15, 0.2) is 36.9 Å². The molecule has 1 aromatic rings. The first kappa shape index (κ1) is 9.77. The fourth-order valence-corrected chi connectivity index (χ4v) is 1.72. The van der Waals surface area contributed by atoms with Gasteiger partial charge in [-0.05, 0) is 12.1 Å². The van der Waals surface area contributed by atoms with Gasteiger partial charge in [0.15, 0.2) is 0 Å². The van der Waals surface area contributed by atoms with Crippen LogP contribution in [0.25, 0.3) is 0 Å². The smallest absolute Gasteiger partial charge is 0.243 e. The lowest BCUT2D eigenvalue weighted by molar-refractivity contribution is -0.117. The summed E-state index contributed by atoms with van der Waals surface area (Å²) in [5.74, 6) is 0.717. The second-order valence-electron chi connectivity index (χ2n) is 3.44. The van der Waals surface area contributed by atoms with Gasteiger partial charge < -0.3 is 10.1 Å². The summed E-state index contributed by atoms with van der Waals surface area (Å²) in [5.41, 5.74) is 1.04. The molecule has 0 aromatic heterocycles. The van der Waals surface area contributed by atoms with Crippen molar-refractivity contribution in [3.63, 3.8) is 0 Å². The highest BCUT2D eigenvalue weighted by molar-refractivity contribution is 5.87. The monoisotopic (exact) mass is 203 g/mol. The molecule has 0 saturated carbocycles. The predicted molar refractivity (Wildman–Crippen MR) is 57.6 cm³/mol. The van der Waals surface area contributed by atoms with Gasteiger partial charge in [-0.3, -0.25) is 4.79 Å². The summed E-state index contributed by atoms with van der Waals surface area (Å²) in [6.45, 7) is 4.08. The van der Waals surface area contributed by atoms with Gasteiger partial charge in [0.1, 0.15) is 5.75 Å². The molecular weight excluding hydrogens is 190 g/mol. The number of nitrogens with one attached hydrogen (secondary N) is 1. The van der Waals surface area contributed by atoms with Crippen molar-refractivity contribution in [3.8, 4) is 5.75 Å². The van der Waals surface area contributed by atoms with Crippen molar-refractivity contribution in [2.75, 3.05) is 6.61 Å². The molecule has 3 nitrogen and oxygen atoms in total. The van der Waals surface area contributed by atoms with Crippen LogP contribution in [0.4, 0.5) is 0 Å². The standard InChI is InChI=1S/C12H13NO2/c1-2-12(14)13-10-7-8-15-11-6-4-3-5-9(10)11/h2-6,10H,1,7-8H2,(H,13,14)/t10-/m0/s1. The molecule has 3 heteroatoms. The summed E-state index contributed by atoms with van der Waals surface area (Å²) < 4.78 is 5.49. The summed E-state index contributed by atoms with van der Waals surface area (Å²) in [7, 11) is 0. The Hall–Kier alpha value is -1.77. The minimum absolute atomic E-state index is 0.0421. The normalized spacial score (nSPS) is 18.5. The molecule has 1 aliphatic heterocycles. The first-order valence-corrected chi connectivity index (χ1v) is 4.96. The van der Waals surface area contributed by atoms with Gasteiger partial charge in [0.05, 0.1) is 12.6 Å². The average molecular weight is 203 g/mol. The van der Waals surface area contributed by atoms with Crippen LogP contribution < -0.4 is 10.1 Å². The highest BCUT2D eigenvalue weighted by atomic mass is 16.5. The highest BCUT2D eigenvalue weighted by Gasteiger charge is 2.21. The molecule has 1 N–H and O–H groups in total. The third-order valence-corrected chi connectivity index (χ3v) is 2.46. The Balaban J connectivity index is 2.22. The molecule has 0 saturated heterocycles. The van der Waals surface area contributed by atoms with Crippen molar-refractivity contribution in [2.45, 2.75) is 12.5 Å². The van der Waals surface area contributed by atoms with Crippen LogP contribution in [0.3, 0.4) is 0 Å². The zero-order chi connectivity index (χ0) is 10.7. The molecule has 1 heterocycles. The van der Waals surface area contributed by atoms with Crippen LogP contribution in [0.5, 0.6) is 5.75 Å². The summed E-state index contributed by atoms with van der Waals surface area (Å²) in [5, 5.41) is 2.89. The molecule has 2 rings (SSSR count). The van der Waals surface area contributed by atoms with Gasteiger partial charge >= 0.3 is 0 Å². The third-order valence-electron chi connectivity index (χ3n) is 2.46. The van der Waals surface area contributed by atoms with Crippen LogP contribution in [0, 0.1) is 0 Å². The van der Waals surface area contributed by atoms with Gasteiger partial charge in [-0.25, -0.2) is 0 Å². The molecule has 0 unspecified atom stereocenters. The van der Waals surface area contributed by atoms with Crippen LogP contribution in [-0.2, 0) is 4.79 Å². The van der Waals surface area contributed by atoms with Gasteiger partial charge in [-0.1, -0.05) is 24.8 Å². The molecule has 15 heavy (non-hydrogen) atoms. The number of para-hydroxylation sites is 1. The summed E-state index contributed by atoms with van der Waals surface area (Å²) in [4.78, 5) is 11.2. The molecular formula is C12H13NO2. The molecule has 0 spiro atoms. The third kappa shape index (κ3) is 2.01. The van der Waals surface area contributed by atoms with Crippen molar-refractivity contribution >= 4 is 5.91 Å². The second kappa shape index (κ2) is 4.17. The van der Waals surface area contributed by atoms with Gasteiger partial charge in [0, 0.05) is 12.0 Å². The molecule has 0 radical (unpaired) electrons. The zero-order valence-corrected chi connectivity index (χ0v) is 8.40. The molecule has 0 aliphatic carbocycles. The number of rotatable bonds is 2. The Labute approximate surface area is 88.8 Å². The zero-order valence-electron chi connectivity index (χ0n) is 8.40. The average Bonchev–Trinajstić information content (AvgIpc) is 2.29. The van der Waals surface area contributed by atoms with Crippen molar-refractivity contribution < 1.29 is 9.53 Å². The number of hydrogen-bond acceptors (Lipinski definition) is 2. The highest BCUT2D eigenvalue weighted by Crippen LogP contribution is 2.31. The van der Waals surface area contributed by atoms with Crippen LogP contribution in [0.2, 0.25) is 0 Å². The van der Waals surface area contributed by atoms with Crippen molar-refractivity contribution in [2.24, 2.45) is 0 Å². The van der Waals surface area contributed by atoms with E-state index in [0.29, 0.717) is 6.61 Å². The summed E-state index contributed by atoms with van der Waals surface area (Å²) in [6.07, 6.45) is 2.09. The van der Waals surface area contributed by atoms with Crippen LogP contribution >= 0.6 is 0 Å². The Morgan fingerprint density at radius 2 is 2.33 bits per heavy atom. The predicted octanol–water partition coefficient (Wildman–Crippen LogP) is 1.81. The molecule has 1 atom stereocenters. The maximum absolute atomic E-state index is 11.2. The molecule has 0 fully saturated rings. The Kier molecular flexibility index (Phi) is 2.72. The summed E-state index contributed by atoms with van der Waals surface area (Å²) >= 11 is 0. The topological polar surface area (TPSA) is 38.3 Å². The van der Waals surface area contributed by atoms with E-state index >= 15 is 0 Å². The number of carbonyl (C=O) groups is 1.